The number of amides is 1. The number of aromatic nitrogens is 4. The number of fused-ring (bicyclic) bond motifs is 1. The van der Waals surface area contributed by atoms with Gasteiger partial charge in [-0.05, 0) is 61.7 Å². The van der Waals surface area contributed by atoms with Crippen LogP contribution in [0.2, 0.25) is 0 Å². The molecule has 0 bridgehead atoms. The van der Waals surface area contributed by atoms with Crippen LogP contribution in [0.3, 0.4) is 0 Å². The van der Waals surface area contributed by atoms with E-state index in [0.717, 1.165) is 16.8 Å². The molecule has 1 atom stereocenters. The van der Waals surface area contributed by atoms with Crippen LogP contribution in [-0.2, 0) is 11.2 Å². The van der Waals surface area contributed by atoms with Gasteiger partial charge in [-0.1, -0.05) is 17.3 Å². The summed E-state index contributed by atoms with van der Waals surface area (Å²) in [4.78, 5) is 18.2. The first kappa shape index (κ1) is 25.4. The van der Waals surface area contributed by atoms with Crippen LogP contribution in [0.1, 0.15) is 23.7 Å². The molecule has 0 N–H and O–H groups in total. The zero-order valence-corrected chi connectivity index (χ0v) is 20.5. The molecule has 4 aromatic rings. The van der Waals surface area contributed by atoms with E-state index in [4.69, 9.17) is 4.74 Å². The number of hydrogen-bond acceptors (Lipinski definition) is 5. The summed E-state index contributed by atoms with van der Waals surface area (Å²) in [5.41, 5.74) is 3.66. The first-order chi connectivity index (χ1) is 18.1. The Bertz CT molecular complexity index is 1500. The molecule has 3 heterocycles. The Hall–Kier alpha value is -4.28. The minimum Gasteiger partial charge on any atom is -0.496 e. The number of rotatable bonds is 5. The highest BCUT2D eigenvalue weighted by Gasteiger charge is 2.40. The Labute approximate surface area is 215 Å². The van der Waals surface area contributed by atoms with Crippen molar-refractivity contribution in [3.8, 4) is 28.1 Å². The van der Waals surface area contributed by atoms with Crippen molar-refractivity contribution in [1.29, 1.82) is 0 Å². The van der Waals surface area contributed by atoms with E-state index in [0.29, 0.717) is 21.9 Å². The number of halogens is 4. The van der Waals surface area contributed by atoms with Gasteiger partial charge >= 0.3 is 6.18 Å². The lowest BCUT2D eigenvalue weighted by atomic mass is 10.0. The molecular formula is C27H23F4N5O2. The van der Waals surface area contributed by atoms with Gasteiger partial charge < -0.3 is 9.64 Å². The fourth-order valence-corrected chi connectivity index (χ4v) is 4.70. The molecule has 0 unspecified atom stereocenters. The van der Waals surface area contributed by atoms with Crippen molar-refractivity contribution in [1.82, 2.24) is 20.0 Å². The SMILES string of the molecule is COc1cc(-c2cn([C@@H]3CCc4c(F)cccc4N(CC(F)(F)F)C3=O)nn2)ccc1-c1ccnc(C)c1. The quantitative estimate of drug-likeness (QED) is 0.320. The first-order valence-electron chi connectivity index (χ1n) is 11.8. The molecule has 1 aliphatic rings. The highest BCUT2D eigenvalue weighted by molar-refractivity contribution is 5.97. The van der Waals surface area contributed by atoms with Crippen molar-refractivity contribution in [2.45, 2.75) is 32.0 Å². The van der Waals surface area contributed by atoms with Crippen LogP contribution in [0.4, 0.5) is 23.2 Å². The normalized spacial score (nSPS) is 15.8. The highest BCUT2D eigenvalue weighted by atomic mass is 19.4. The van der Waals surface area contributed by atoms with E-state index in [1.165, 1.54) is 29.1 Å². The van der Waals surface area contributed by atoms with Crippen LogP contribution in [-0.4, -0.2) is 45.7 Å². The number of ether oxygens (including phenoxy) is 1. The summed E-state index contributed by atoms with van der Waals surface area (Å²) in [6.45, 7) is 0.355. The third-order valence-electron chi connectivity index (χ3n) is 6.48. The molecule has 1 aliphatic heterocycles. The molecular weight excluding hydrogens is 502 g/mol. The minimum atomic E-state index is -4.67. The lowest BCUT2D eigenvalue weighted by molar-refractivity contribution is -0.134. The van der Waals surface area contributed by atoms with Gasteiger partial charge in [-0.2, -0.15) is 13.2 Å². The van der Waals surface area contributed by atoms with Crippen LogP contribution in [0.5, 0.6) is 5.75 Å². The Morgan fingerprint density at radius 2 is 1.92 bits per heavy atom. The molecule has 38 heavy (non-hydrogen) atoms. The lowest BCUT2D eigenvalue weighted by Gasteiger charge is -2.26. The highest BCUT2D eigenvalue weighted by Crippen LogP contribution is 2.36. The Kier molecular flexibility index (Phi) is 6.60. The average molecular weight is 526 g/mol. The van der Waals surface area contributed by atoms with Crippen molar-refractivity contribution in [3.63, 3.8) is 0 Å². The molecule has 0 radical (unpaired) electrons. The molecule has 0 fully saturated rings. The van der Waals surface area contributed by atoms with E-state index in [2.05, 4.69) is 15.3 Å². The molecule has 0 spiro atoms. The predicted molar refractivity (Wildman–Crippen MR) is 132 cm³/mol. The topological polar surface area (TPSA) is 73.1 Å². The fraction of sp³-hybridized carbons (Fsp3) is 0.259. The second-order valence-corrected chi connectivity index (χ2v) is 9.02. The maximum absolute atomic E-state index is 14.5. The van der Waals surface area contributed by atoms with Crippen molar-refractivity contribution >= 4 is 11.6 Å². The lowest BCUT2D eigenvalue weighted by Crippen LogP contribution is -2.42. The number of carbonyl (C=O) groups excluding carboxylic acids is 1. The molecule has 7 nitrogen and oxygen atoms in total. The van der Waals surface area contributed by atoms with Crippen LogP contribution in [0, 0.1) is 12.7 Å². The molecule has 2 aromatic carbocycles. The number of aryl methyl sites for hydroxylation is 1. The van der Waals surface area contributed by atoms with Gasteiger partial charge in [-0.15, -0.1) is 5.10 Å². The van der Waals surface area contributed by atoms with Crippen molar-refractivity contribution < 1.29 is 27.1 Å². The van der Waals surface area contributed by atoms with Crippen LogP contribution in [0.15, 0.2) is 60.9 Å². The van der Waals surface area contributed by atoms with E-state index < -0.39 is 30.5 Å². The van der Waals surface area contributed by atoms with Crippen LogP contribution in [0.25, 0.3) is 22.4 Å². The maximum atomic E-state index is 14.5. The van der Waals surface area contributed by atoms with Crippen molar-refractivity contribution in [2.75, 3.05) is 18.6 Å². The zero-order chi connectivity index (χ0) is 27.0. The fourth-order valence-electron chi connectivity index (χ4n) is 4.70. The van der Waals surface area contributed by atoms with Gasteiger partial charge in [0.2, 0.25) is 0 Å². The summed E-state index contributed by atoms with van der Waals surface area (Å²) in [6, 6.07) is 12.0. The monoisotopic (exact) mass is 525 g/mol. The maximum Gasteiger partial charge on any atom is 0.406 e. The molecule has 11 heteroatoms. The largest absolute Gasteiger partial charge is 0.496 e. The second kappa shape index (κ2) is 9.88. The predicted octanol–water partition coefficient (Wildman–Crippen LogP) is 5.55. The average Bonchev–Trinajstić information content (AvgIpc) is 3.32. The second-order valence-electron chi connectivity index (χ2n) is 9.02. The first-order valence-corrected chi connectivity index (χ1v) is 11.8. The smallest absolute Gasteiger partial charge is 0.406 e. The van der Waals surface area contributed by atoms with E-state index in [-0.39, 0.29) is 24.1 Å². The Morgan fingerprint density at radius 3 is 2.66 bits per heavy atom. The van der Waals surface area contributed by atoms with Crippen LogP contribution < -0.4 is 9.64 Å². The molecule has 0 aliphatic carbocycles. The number of alkyl halides is 3. The van der Waals surface area contributed by atoms with Crippen molar-refractivity contribution in [2.24, 2.45) is 0 Å². The Balaban J connectivity index is 1.48. The van der Waals surface area contributed by atoms with Gasteiger partial charge in [0.1, 0.15) is 29.8 Å². The summed E-state index contributed by atoms with van der Waals surface area (Å²) >= 11 is 0. The van der Waals surface area contributed by atoms with Gasteiger partial charge in [0, 0.05) is 28.6 Å². The van der Waals surface area contributed by atoms with Crippen molar-refractivity contribution in [3.05, 3.63) is 78.0 Å². The van der Waals surface area contributed by atoms with Gasteiger partial charge in [0.15, 0.2) is 0 Å². The van der Waals surface area contributed by atoms with Crippen LogP contribution >= 0.6 is 0 Å². The van der Waals surface area contributed by atoms with E-state index in [9.17, 15) is 22.4 Å². The molecule has 196 valence electrons. The summed E-state index contributed by atoms with van der Waals surface area (Å²) in [5.74, 6) is -0.904. The van der Waals surface area contributed by atoms with Gasteiger partial charge in [0.25, 0.3) is 5.91 Å². The number of carbonyl (C=O) groups is 1. The molecule has 2 aromatic heterocycles. The number of hydrogen-bond donors (Lipinski definition) is 0. The van der Waals surface area contributed by atoms with E-state index >= 15 is 0 Å². The summed E-state index contributed by atoms with van der Waals surface area (Å²) in [6.07, 6.45) is -1.33. The molecule has 1 amide bonds. The number of nitrogens with zero attached hydrogens (tertiary/aromatic N) is 5. The van der Waals surface area contributed by atoms with E-state index in [1.807, 2.05) is 31.2 Å². The third kappa shape index (κ3) is 4.96. The zero-order valence-electron chi connectivity index (χ0n) is 20.5. The molecule has 5 rings (SSSR count). The number of anilines is 1. The summed E-state index contributed by atoms with van der Waals surface area (Å²) < 4.78 is 61.6. The minimum absolute atomic E-state index is 0.0631. The van der Waals surface area contributed by atoms with Gasteiger partial charge in [0.05, 0.1) is 19.0 Å². The standard InChI is InChI=1S/C27H23F4N5O2/c1-16-12-17(10-11-32-16)19-7-6-18(13-25(19)38-2)22-14-36(34-33-22)24-9-8-20-21(28)4-3-5-23(20)35(26(24)37)15-27(29,30)31/h3-7,10-14,24H,8-9,15H2,1-2H3/t24-/m1/s1. The number of methoxy groups -OCH3 is 1. The number of benzene rings is 2. The Morgan fingerprint density at radius 1 is 1.11 bits per heavy atom. The van der Waals surface area contributed by atoms with Gasteiger partial charge in [-0.25, -0.2) is 9.07 Å². The van der Waals surface area contributed by atoms with Gasteiger partial charge in [-0.3, -0.25) is 9.78 Å². The number of pyridine rings is 1. The summed E-state index contributed by atoms with van der Waals surface area (Å²) in [7, 11) is 1.55. The third-order valence-corrected chi connectivity index (χ3v) is 6.48. The molecule has 0 saturated heterocycles. The molecule has 0 saturated carbocycles. The van der Waals surface area contributed by atoms with E-state index in [1.54, 1.807) is 19.4 Å². The summed E-state index contributed by atoms with van der Waals surface area (Å²) in [5, 5.41) is 8.23.